The van der Waals surface area contributed by atoms with Crippen molar-refractivity contribution in [3.8, 4) is 23.8 Å². The number of terminal acetylenes is 1. The third-order valence-electron chi connectivity index (χ3n) is 3.66. The molecule has 0 radical (unpaired) electrons. The molecule has 5 nitrogen and oxygen atoms in total. The van der Waals surface area contributed by atoms with Gasteiger partial charge in [0.15, 0.2) is 28.8 Å². The SMILES string of the molecule is C#C/C(OC)=C(\C=C/C)C(=O)CCC(=O)c1cccc2c1OCCO2. The summed E-state index contributed by atoms with van der Waals surface area (Å²) in [4.78, 5) is 24.9. The molecule has 0 bridgehead atoms. The maximum atomic E-state index is 12.5. The number of hydrogen-bond acceptors (Lipinski definition) is 5. The van der Waals surface area contributed by atoms with Crippen molar-refractivity contribution in [2.75, 3.05) is 20.3 Å². The summed E-state index contributed by atoms with van der Waals surface area (Å²) in [6.07, 6.45) is 8.72. The summed E-state index contributed by atoms with van der Waals surface area (Å²) in [5, 5.41) is 0. The molecule has 1 aromatic carbocycles. The van der Waals surface area contributed by atoms with Gasteiger partial charge in [-0.15, -0.1) is 6.42 Å². The Morgan fingerprint density at radius 2 is 2.04 bits per heavy atom. The molecular weight excluding hydrogens is 320 g/mol. The van der Waals surface area contributed by atoms with E-state index in [1.807, 2.05) is 0 Å². The Balaban J connectivity index is 2.13. The van der Waals surface area contributed by atoms with Crippen LogP contribution in [0.4, 0.5) is 0 Å². The van der Waals surface area contributed by atoms with Gasteiger partial charge in [-0.05, 0) is 25.0 Å². The zero-order chi connectivity index (χ0) is 18.2. The molecule has 0 fully saturated rings. The molecule has 5 heteroatoms. The first-order chi connectivity index (χ1) is 12.1. The lowest BCUT2D eigenvalue weighted by atomic mass is 9.99. The van der Waals surface area contributed by atoms with E-state index in [9.17, 15) is 9.59 Å². The van der Waals surface area contributed by atoms with Gasteiger partial charge in [0, 0.05) is 12.8 Å². The van der Waals surface area contributed by atoms with E-state index in [1.54, 1.807) is 37.3 Å². The van der Waals surface area contributed by atoms with Crippen molar-refractivity contribution >= 4 is 11.6 Å². The second-order valence-electron chi connectivity index (χ2n) is 5.27. The topological polar surface area (TPSA) is 61.8 Å². The first-order valence-corrected chi connectivity index (χ1v) is 7.95. The van der Waals surface area contributed by atoms with Gasteiger partial charge in [0.25, 0.3) is 0 Å². The lowest BCUT2D eigenvalue weighted by Crippen LogP contribution is -2.18. The Morgan fingerprint density at radius 3 is 2.72 bits per heavy atom. The Hall–Kier alpha value is -3.00. The van der Waals surface area contributed by atoms with E-state index in [4.69, 9.17) is 20.6 Å². The fourth-order valence-electron chi connectivity index (χ4n) is 2.50. The standard InChI is InChI=1S/C20H20O5/c1-4-7-14(18(5-2)23-3)16(21)10-11-17(22)15-8-6-9-19-20(15)25-13-12-24-19/h2,4,6-9H,10-13H2,1,3H3/b7-4-,18-14-. The number of para-hydroxylation sites is 1. The number of ketones is 2. The first-order valence-electron chi connectivity index (χ1n) is 7.95. The van der Waals surface area contributed by atoms with E-state index >= 15 is 0 Å². The molecule has 0 amide bonds. The molecule has 130 valence electrons. The Bertz CT molecular complexity index is 765. The van der Waals surface area contributed by atoms with E-state index in [0.717, 1.165) is 0 Å². The van der Waals surface area contributed by atoms with Crippen LogP contribution in [0.3, 0.4) is 0 Å². The van der Waals surface area contributed by atoms with Crippen molar-refractivity contribution in [1.82, 2.24) is 0 Å². The molecule has 0 saturated carbocycles. The maximum Gasteiger partial charge on any atom is 0.180 e. The third-order valence-corrected chi connectivity index (χ3v) is 3.66. The third kappa shape index (κ3) is 4.30. The van der Waals surface area contributed by atoms with Gasteiger partial charge in [-0.2, -0.15) is 0 Å². The van der Waals surface area contributed by atoms with Crippen LogP contribution < -0.4 is 9.47 Å². The number of rotatable bonds is 7. The van der Waals surface area contributed by atoms with E-state index in [2.05, 4.69) is 5.92 Å². The molecule has 2 rings (SSSR count). The number of ether oxygens (including phenoxy) is 3. The van der Waals surface area contributed by atoms with E-state index < -0.39 is 0 Å². The lowest BCUT2D eigenvalue weighted by Gasteiger charge is -2.20. The zero-order valence-corrected chi connectivity index (χ0v) is 14.3. The van der Waals surface area contributed by atoms with Crippen LogP contribution in [0.2, 0.25) is 0 Å². The molecule has 25 heavy (non-hydrogen) atoms. The summed E-state index contributed by atoms with van der Waals surface area (Å²) in [5.41, 5.74) is 0.709. The Kier molecular flexibility index (Phi) is 6.41. The van der Waals surface area contributed by atoms with E-state index in [1.165, 1.54) is 7.11 Å². The molecule has 0 unspecified atom stereocenters. The Labute approximate surface area is 147 Å². The van der Waals surface area contributed by atoms with Gasteiger partial charge < -0.3 is 14.2 Å². The minimum Gasteiger partial charge on any atom is -0.488 e. The number of allylic oxidation sites excluding steroid dienone is 4. The summed E-state index contributed by atoms with van der Waals surface area (Å²) in [5.74, 6) is 3.06. The van der Waals surface area contributed by atoms with Crippen LogP contribution in [0.1, 0.15) is 30.1 Å². The second kappa shape index (κ2) is 8.74. The molecule has 0 N–H and O–H groups in total. The molecule has 1 aliphatic heterocycles. The number of carbonyl (C=O) groups is 2. The zero-order valence-electron chi connectivity index (χ0n) is 14.3. The minimum absolute atomic E-state index is 0.0254. The van der Waals surface area contributed by atoms with Crippen LogP contribution in [0.25, 0.3) is 0 Å². The molecule has 1 aliphatic rings. The highest BCUT2D eigenvalue weighted by Crippen LogP contribution is 2.34. The van der Waals surface area contributed by atoms with Crippen LogP contribution >= 0.6 is 0 Å². The number of benzene rings is 1. The predicted octanol–water partition coefficient (Wildman–Crippen LogP) is 3.10. The van der Waals surface area contributed by atoms with Gasteiger partial charge in [0.1, 0.15) is 13.2 Å². The van der Waals surface area contributed by atoms with Crippen molar-refractivity contribution < 1.29 is 23.8 Å². The predicted molar refractivity (Wildman–Crippen MR) is 93.7 cm³/mol. The summed E-state index contributed by atoms with van der Waals surface area (Å²) < 4.78 is 16.1. The molecule has 0 atom stereocenters. The van der Waals surface area contributed by atoms with Gasteiger partial charge >= 0.3 is 0 Å². The quantitative estimate of drug-likeness (QED) is 0.251. The average molecular weight is 340 g/mol. The molecule has 1 aromatic rings. The highest BCUT2D eigenvalue weighted by Gasteiger charge is 2.21. The van der Waals surface area contributed by atoms with Crippen LogP contribution in [-0.4, -0.2) is 31.9 Å². The molecule has 0 saturated heterocycles. The van der Waals surface area contributed by atoms with Crippen LogP contribution in [0.5, 0.6) is 11.5 Å². The number of methoxy groups -OCH3 is 1. The van der Waals surface area contributed by atoms with Crippen LogP contribution in [-0.2, 0) is 9.53 Å². The molecular formula is C20H20O5. The first kappa shape index (κ1) is 18.3. The highest BCUT2D eigenvalue weighted by atomic mass is 16.6. The van der Waals surface area contributed by atoms with Crippen molar-refractivity contribution in [2.45, 2.75) is 19.8 Å². The maximum absolute atomic E-state index is 12.5. The van der Waals surface area contributed by atoms with Crippen molar-refractivity contribution in [2.24, 2.45) is 0 Å². The van der Waals surface area contributed by atoms with Crippen molar-refractivity contribution in [1.29, 1.82) is 0 Å². The molecule has 0 aromatic heterocycles. The largest absolute Gasteiger partial charge is 0.488 e. The van der Waals surface area contributed by atoms with Gasteiger partial charge in [-0.3, -0.25) is 9.59 Å². The summed E-state index contributed by atoms with van der Waals surface area (Å²) >= 11 is 0. The molecule has 0 aliphatic carbocycles. The van der Waals surface area contributed by atoms with Crippen molar-refractivity contribution in [3.63, 3.8) is 0 Å². The number of fused-ring (bicyclic) bond motifs is 1. The number of carbonyl (C=O) groups excluding carboxylic acids is 2. The number of hydrogen-bond donors (Lipinski definition) is 0. The highest BCUT2D eigenvalue weighted by molar-refractivity contribution is 6.05. The fraction of sp³-hybridized carbons (Fsp3) is 0.300. The second-order valence-corrected chi connectivity index (χ2v) is 5.27. The number of Topliss-reactive ketones (excluding diaryl/α,β-unsaturated/α-hetero) is 2. The van der Waals surface area contributed by atoms with E-state index in [0.29, 0.717) is 30.3 Å². The Morgan fingerprint density at radius 1 is 1.28 bits per heavy atom. The minimum atomic E-state index is -0.247. The van der Waals surface area contributed by atoms with Crippen LogP contribution in [0, 0.1) is 12.3 Å². The summed E-state index contributed by atoms with van der Waals surface area (Å²) in [7, 11) is 1.41. The van der Waals surface area contributed by atoms with Gasteiger partial charge in [-0.1, -0.05) is 18.2 Å². The van der Waals surface area contributed by atoms with Gasteiger partial charge in [-0.25, -0.2) is 0 Å². The normalized spacial score (nSPS) is 13.8. The fourth-order valence-corrected chi connectivity index (χ4v) is 2.50. The lowest BCUT2D eigenvalue weighted by molar-refractivity contribution is -0.115. The van der Waals surface area contributed by atoms with Gasteiger partial charge in [0.05, 0.1) is 18.2 Å². The molecule has 1 heterocycles. The molecule has 0 spiro atoms. The average Bonchev–Trinajstić information content (AvgIpc) is 2.65. The van der Waals surface area contributed by atoms with Crippen molar-refractivity contribution in [3.05, 3.63) is 47.2 Å². The monoisotopic (exact) mass is 340 g/mol. The van der Waals surface area contributed by atoms with E-state index in [-0.39, 0.29) is 35.7 Å². The van der Waals surface area contributed by atoms with Gasteiger partial charge in [0.2, 0.25) is 0 Å². The smallest absolute Gasteiger partial charge is 0.180 e. The summed E-state index contributed by atoms with van der Waals surface area (Å²) in [6.45, 7) is 2.62. The summed E-state index contributed by atoms with van der Waals surface area (Å²) in [6, 6.07) is 5.15. The van der Waals surface area contributed by atoms with Crippen LogP contribution in [0.15, 0.2) is 41.7 Å².